The summed E-state index contributed by atoms with van der Waals surface area (Å²) in [6, 6.07) is 23.7. The molecule has 31 heavy (non-hydrogen) atoms. The molecular formula is C24H22ClN3O3. The van der Waals surface area contributed by atoms with E-state index in [9.17, 15) is 14.4 Å². The Hall–Kier alpha value is -3.48. The zero-order valence-electron chi connectivity index (χ0n) is 16.7. The Bertz CT molecular complexity index is 1020. The number of amides is 2. The molecule has 158 valence electrons. The van der Waals surface area contributed by atoms with E-state index in [1.807, 2.05) is 30.3 Å². The molecule has 0 saturated heterocycles. The van der Waals surface area contributed by atoms with Crippen LogP contribution in [0.25, 0.3) is 0 Å². The quantitative estimate of drug-likeness (QED) is 0.373. The number of Topliss-reactive ketones (excluding diaryl/α,β-unsaturated/α-hetero) is 1. The Morgan fingerprint density at radius 1 is 0.742 bits per heavy atom. The summed E-state index contributed by atoms with van der Waals surface area (Å²) in [5.41, 5.74) is 6.63. The lowest BCUT2D eigenvalue weighted by Gasteiger charge is -2.18. The van der Waals surface area contributed by atoms with Crippen LogP contribution in [0.1, 0.15) is 32.7 Å². The largest absolute Gasteiger partial charge is 0.301 e. The summed E-state index contributed by atoms with van der Waals surface area (Å²) >= 11 is 5.88. The van der Waals surface area contributed by atoms with Crippen LogP contribution >= 0.6 is 11.6 Å². The van der Waals surface area contributed by atoms with Gasteiger partial charge in [0.25, 0.3) is 11.8 Å². The van der Waals surface area contributed by atoms with Crippen molar-refractivity contribution < 1.29 is 14.4 Å². The lowest BCUT2D eigenvalue weighted by atomic mass is 10.0. The van der Waals surface area contributed by atoms with Gasteiger partial charge in [0.1, 0.15) is 0 Å². The van der Waals surface area contributed by atoms with E-state index >= 15 is 0 Å². The van der Waals surface area contributed by atoms with Gasteiger partial charge in [0.15, 0.2) is 5.78 Å². The van der Waals surface area contributed by atoms with Gasteiger partial charge < -0.3 is 5.32 Å². The third-order valence-electron chi connectivity index (χ3n) is 4.60. The topological polar surface area (TPSA) is 87.3 Å². The van der Waals surface area contributed by atoms with Gasteiger partial charge in [0.05, 0.1) is 6.04 Å². The van der Waals surface area contributed by atoms with Crippen LogP contribution in [-0.4, -0.2) is 23.6 Å². The first-order valence-electron chi connectivity index (χ1n) is 9.74. The second-order valence-corrected chi connectivity index (χ2v) is 7.30. The number of carbonyl (C=O) groups is 3. The normalized spacial score (nSPS) is 11.4. The number of ketones is 1. The first-order valence-corrected chi connectivity index (χ1v) is 10.1. The molecule has 3 aromatic carbocycles. The molecule has 0 bridgehead atoms. The van der Waals surface area contributed by atoms with E-state index in [4.69, 9.17) is 11.6 Å². The van der Waals surface area contributed by atoms with Gasteiger partial charge in [-0.15, -0.1) is 0 Å². The van der Waals surface area contributed by atoms with Crippen LogP contribution in [-0.2, 0) is 11.3 Å². The number of hydrogen-bond donors (Lipinski definition) is 3. The van der Waals surface area contributed by atoms with Gasteiger partial charge in [-0.2, -0.15) is 0 Å². The summed E-state index contributed by atoms with van der Waals surface area (Å²) < 4.78 is 0. The van der Waals surface area contributed by atoms with Gasteiger partial charge in [-0.05, 0) is 42.0 Å². The molecule has 0 aliphatic heterocycles. The SMILES string of the molecule is O=C(CC(NCc1ccccc1)C(=O)NNC(=O)c1ccccc1)c1ccc(Cl)cc1. The molecule has 7 heteroatoms. The predicted octanol–water partition coefficient (Wildman–Crippen LogP) is 3.53. The van der Waals surface area contributed by atoms with Crippen LogP contribution in [0.15, 0.2) is 84.9 Å². The monoisotopic (exact) mass is 435 g/mol. The zero-order valence-corrected chi connectivity index (χ0v) is 17.4. The van der Waals surface area contributed by atoms with Crippen LogP contribution in [0.5, 0.6) is 0 Å². The molecule has 0 aliphatic carbocycles. The minimum absolute atomic E-state index is 0.0818. The van der Waals surface area contributed by atoms with Gasteiger partial charge in [-0.25, -0.2) is 0 Å². The van der Waals surface area contributed by atoms with E-state index in [0.717, 1.165) is 5.56 Å². The first kappa shape index (κ1) is 22.2. The molecule has 6 nitrogen and oxygen atoms in total. The molecule has 0 aromatic heterocycles. The van der Waals surface area contributed by atoms with Crippen LogP contribution in [0.2, 0.25) is 5.02 Å². The summed E-state index contributed by atoms with van der Waals surface area (Å²) in [5.74, 6) is -1.17. The number of rotatable bonds is 8. The van der Waals surface area contributed by atoms with Crippen molar-refractivity contribution in [1.82, 2.24) is 16.2 Å². The van der Waals surface area contributed by atoms with Crippen molar-refractivity contribution in [3.8, 4) is 0 Å². The lowest BCUT2D eigenvalue weighted by molar-refractivity contribution is -0.124. The van der Waals surface area contributed by atoms with Crippen molar-refractivity contribution in [3.05, 3.63) is 107 Å². The number of carbonyl (C=O) groups excluding carboxylic acids is 3. The number of nitrogens with one attached hydrogen (secondary N) is 3. The van der Waals surface area contributed by atoms with Crippen molar-refractivity contribution in [1.29, 1.82) is 0 Å². The number of hydrazine groups is 1. The van der Waals surface area contributed by atoms with Crippen molar-refractivity contribution in [2.45, 2.75) is 19.0 Å². The van der Waals surface area contributed by atoms with E-state index in [0.29, 0.717) is 22.7 Å². The predicted molar refractivity (Wildman–Crippen MR) is 120 cm³/mol. The maximum atomic E-state index is 12.8. The Morgan fingerprint density at radius 3 is 2.00 bits per heavy atom. The maximum Gasteiger partial charge on any atom is 0.269 e. The summed E-state index contributed by atoms with van der Waals surface area (Å²) in [4.78, 5) is 37.7. The molecule has 1 unspecified atom stereocenters. The Morgan fingerprint density at radius 2 is 1.35 bits per heavy atom. The van der Waals surface area contributed by atoms with Gasteiger partial charge in [-0.1, -0.05) is 60.1 Å². The fraction of sp³-hybridized carbons (Fsp3) is 0.125. The molecule has 0 heterocycles. The van der Waals surface area contributed by atoms with Gasteiger partial charge in [0, 0.05) is 29.1 Å². The fourth-order valence-electron chi connectivity index (χ4n) is 2.90. The highest BCUT2D eigenvalue weighted by molar-refractivity contribution is 6.30. The molecule has 0 spiro atoms. The standard InChI is InChI=1S/C24H22ClN3O3/c25-20-13-11-18(12-14-20)22(29)15-21(26-16-17-7-3-1-4-8-17)24(31)28-27-23(30)19-9-5-2-6-10-19/h1-14,21,26H,15-16H2,(H,27,30)(H,28,31). The highest BCUT2D eigenvalue weighted by Gasteiger charge is 2.23. The Balaban J connectivity index is 1.66. The highest BCUT2D eigenvalue weighted by Crippen LogP contribution is 2.12. The van der Waals surface area contributed by atoms with E-state index in [1.54, 1.807) is 54.6 Å². The number of halogens is 1. The second kappa shape index (κ2) is 11.1. The van der Waals surface area contributed by atoms with E-state index < -0.39 is 17.9 Å². The average molecular weight is 436 g/mol. The van der Waals surface area contributed by atoms with Gasteiger partial charge >= 0.3 is 0 Å². The third kappa shape index (κ3) is 6.77. The van der Waals surface area contributed by atoms with Crippen LogP contribution < -0.4 is 16.2 Å². The van der Waals surface area contributed by atoms with Crippen molar-refractivity contribution in [3.63, 3.8) is 0 Å². The minimum Gasteiger partial charge on any atom is -0.301 e. The van der Waals surface area contributed by atoms with Gasteiger partial charge in [-0.3, -0.25) is 25.2 Å². The summed E-state index contributed by atoms with van der Waals surface area (Å²) in [5, 5.41) is 3.63. The fourth-order valence-corrected chi connectivity index (χ4v) is 3.03. The maximum absolute atomic E-state index is 12.8. The number of hydrogen-bond acceptors (Lipinski definition) is 4. The van der Waals surface area contributed by atoms with Crippen molar-refractivity contribution >= 4 is 29.2 Å². The molecule has 0 aliphatic rings. The molecule has 3 aromatic rings. The minimum atomic E-state index is -0.848. The third-order valence-corrected chi connectivity index (χ3v) is 4.85. The first-order chi connectivity index (χ1) is 15.0. The Labute approximate surface area is 185 Å². The van der Waals surface area contributed by atoms with Gasteiger partial charge in [0.2, 0.25) is 0 Å². The van der Waals surface area contributed by atoms with Crippen LogP contribution in [0.3, 0.4) is 0 Å². The van der Waals surface area contributed by atoms with E-state index in [2.05, 4.69) is 16.2 Å². The van der Waals surface area contributed by atoms with E-state index in [1.165, 1.54) is 0 Å². The van der Waals surface area contributed by atoms with Crippen LogP contribution in [0.4, 0.5) is 0 Å². The molecule has 0 fully saturated rings. The van der Waals surface area contributed by atoms with Crippen molar-refractivity contribution in [2.24, 2.45) is 0 Å². The molecule has 3 N–H and O–H groups in total. The highest BCUT2D eigenvalue weighted by atomic mass is 35.5. The second-order valence-electron chi connectivity index (χ2n) is 6.86. The van der Waals surface area contributed by atoms with Crippen LogP contribution in [0, 0.1) is 0 Å². The molecule has 2 amide bonds. The molecular weight excluding hydrogens is 414 g/mol. The zero-order chi connectivity index (χ0) is 22.1. The van der Waals surface area contributed by atoms with Crippen molar-refractivity contribution in [2.75, 3.05) is 0 Å². The summed E-state index contributed by atoms with van der Waals surface area (Å²) in [6.45, 7) is 0.388. The smallest absolute Gasteiger partial charge is 0.269 e. The molecule has 0 radical (unpaired) electrons. The molecule has 0 saturated carbocycles. The summed E-state index contributed by atoms with van der Waals surface area (Å²) in [7, 11) is 0. The number of benzene rings is 3. The Kier molecular flexibility index (Phi) is 7.92. The molecule has 1 atom stereocenters. The summed E-state index contributed by atoms with van der Waals surface area (Å²) in [6.07, 6.45) is -0.0818. The molecule has 3 rings (SSSR count). The lowest BCUT2D eigenvalue weighted by Crippen LogP contribution is -2.51. The van der Waals surface area contributed by atoms with E-state index in [-0.39, 0.29) is 12.2 Å². The average Bonchev–Trinajstić information content (AvgIpc) is 2.81.